The molecule has 3 aromatic rings. The van der Waals surface area contributed by atoms with Crippen molar-refractivity contribution in [1.82, 2.24) is 4.98 Å². The average molecular weight is 405 g/mol. The molecule has 0 radical (unpaired) electrons. The lowest BCUT2D eigenvalue weighted by molar-refractivity contribution is 0.0395. The van der Waals surface area contributed by atoms with Crippen molar-refractivity contribution in [2.45, 2.75) is 19.8 Å². The van der Waals surface area contributed by atoms with E-state index in [1.165, 1.54) is 58.9 Å². The summed E-state index contributed by atoms with van der Waals surface area (Å²) in [6.07, 6.45) is 1.35. The summed E-state index contributed by atoms with van der Waals surface area (Å²) in [6, 6.07) is 8.78. The summed E-state index contributed by atoms with van der Waals surface area (Å²) in [5.41, 5.74) is -0.636. The quantitative estimate of drug-likeness (QED) is 0.547. The molecule has 29 heavy (non-hydrogen) atoms. The Hall–Kier alpha value is -3.09. The summed E-state index contributed by atoms with van der Waals surface area (Å²) in [4.78, 5) is 3.97. The third-order valence-corrected chi connectivity index (χ3v) is 4.31. The summed E-state index contributed by atoms with van der Waals surface area (Å²) in [6.45, 7) is 4.00. The maximum absolute atomic E-state index is 15.4. The number of nitrogens with zero attached hydrogens (tertiary/aromatic N) is 1. The minimum atomic E-state index is -3.36. The van der Waals surface area contributed by atoms with E-state index in [4.69, 9.17) is 18.9 Å². The van der Waals surface area contributed by atoms with Crippen LogP contribution in [0.2, 0.25) is 0 Å². The van der Waals surface area contributed by atoms with Crippen LogP contribution in [0.4, 0.5) is 8.78 Å². The molecule has 0 unspecified atom stereocenters. The van der Waals surface area contributed by atoms with Gasteiger partial charge in [0.05, 0.1) is 28.4 Å². The van der Waals surface area contributed by atoms with Gasteiger partial charge in [0.2, 0.25) is 0 Å². The first-order valence-corrected chi connectivity index (χ1v) is 9.07. The number of alkyl halides is 2. The van der Waals surface area contributed by atoms with Gasteiger partial charge >= 0.3 is 5.92 Å². The fraction of sp³-hybridized carbons (Fsp3) is 0.318. The largest absolute Gasteiger partial charge is 0.493 e. The molecule has 0 bridgehead atoms. The van der Waals surface area contributed by atoms with Crippen LogP contribution in [0, 0.1) is 0 Å². The molecular weight excluding hydrogens is 380 g/mol. The molecule has 1 aromatic heterocycles. The number of pyridine rings is 1. The van der Waals surface area contributed by atoms with E-state index in [-0.39, 0.29) is 22.4 Å². The Balaban J connectivity index is 0.00000145. The Morgan fingerprint density at radius 2 is 1.28 bits per heavy atom. The second-order valence-electron chi connectivity index (χ2n) is 5.73. The molecule has 0 aliphatic rings. The topological polar surface area (TPSA) is 49.8 Å². The minimum Gasteiger partial charge on any atom is -0.493 e. The maximum atomic E-state index is 15.4. The first-order valence-electron chi connectivity index (χ1n) is 9.07. The summed E-state index contributed by atoms with van der Waals surface area (Å²) < 4.78 is 51.5. The standard InChI is InChI=1S/C20H19F2NO4.C2H6/c1-24-15-6-5-13(10-17(15)26-3)20(21,22)19-14-11-18(27-4)16(25-2)9-12(14)7-8-23-19;1-2/h5-11H,1-4H3;1-2H3. The van der Waals surface area contributed by atoms with Gasteiger partial charge in [-0.15, -0.1) is 0 Å². The Kier molecular flexibility index (Phi) is 7.20. The second kappa shape index (κ2) is 9.41. The lowest BCUT2D eigenvalue weighted by Crippen LogP contribution is -2.18. The molecule has 1 heterocycles. The van der Waals surface area contributed by atoms with Crippen LogP contribution in [0.15, 0.2) is 42.6 Å². The van der Waals surface area contributed by atoms with Gasteiger partial charge < -0.3 is 18.9 Å². The molecule has 0 spiro atoms. The van der Waals surface area contributed by atoms with Crippen molar-refractivity contribution >= 4 is 10.8 Å². The lowest BCUT2D eigenvalue weighted by atomic mass is 9.99. The van der Waals surface area contributed by atoms with Crippen molar-refractivity contribution in [3.05, 3.63) is 53.9 Å². The molecule has 0 amide bonds. The van der Waals surface area contributed by atoms with Crippen LogP contribution in [0.3, 0.4) is 0 Å². The molecule has 0 saturated carbocycles. The highest BCUT2D eigenvalue weighted by molar-refractivity contribution is 5.88. The van der Waals surface area contributed by atoms with Crippen molar-refractivity contribution < 1.29 is 27.7 Å². The monoisotopic (exact) mass is 405 g/mol. The van der Waals surface area contributed by atoms with E-state index in [1.54, 1.807) is 12.1 Å². The number of halogens is 2. The van der Waals surface area contributed by atoms with Crippen molar-refractivity contribution in [3.63, 3.8) is 0 Å². The SMILES string of the molecule is CC.COc1ccc(C(F)(F)c2nccc3cc(OC)c(OC)cc23)cc1OC. The fourth-order valence-electron chi connectivity index (χ4n) is 2.92. The Bertz CT molecular complexity index is 976. The molecule has 2 aromatic carbocycles. The minimum absolute atomic E-state index is 0.217. The van der Waals surface area contributed by atoms with E-state index in [9.17, 15) is 0 Å². The van der Waals surface area contributed by atoms with Crippen LogP contribution < -0.4 is 18.9 Å². The van der Waals surface area contributed by atoms with Gasteiger partial charge in [0, 0.05) is 17.1 Å². The fourth-order valence-corrected chi connectivity index (χ4v) is 2.92. The number of ether oxygens (including phenoxy) is 4. The molecule has 3 rings (SSSR count). The van der Waals surface area contributed by atoms with Gasteiger partial charge in [0.15, 0.2) is 23.0 Å². The molecule has 0 atom stereocenters. The van der Waals surface area contributed by atoms with E-state index in [1.807, 2.05) is 13.8 Å². The number of benzene rings is 2. The van der Waals surface area contributed by atoms with Crippen LogP contribution >= 0.6 is 0 Å². The third-order valence-electron chi connectivity index (χ3n) is 4.31. The zero-order chi connectivity index (χ0) is 21.6. The van der Waals surface area contributed by atoms with Crippen molar-refractivity contribution in [2.75, 3.05) is 28.4 Å². The Labute approximate surface area is 169 Å². The number of hydrogen-bond acceptors (Lipinski definition) is 5. The van der Waals surface area contributed by atoms with Crippen LogP contribution in [0.1, 0.15) is 25.1 Å². The van der Waals surface area contributed by atoms with Crippen LogP contribution in [0.25, 0.3) is 10.8 Å². The van der Waals surface area contributed by atoms with Crippen molar-refractivity contribution in [3.8, 4) is 23.0 Å². The lowest BCUT2D eigenvalue weighted by Gasteiger charge is -2.20. The van der Waals surface area contributed by atoms with E-state index in [0.717, 1.165) is 0 Å². The molecule has 0 saturated heterocycles. The highest BCUT2D eigenvalue weighted by atomic mass is 19.3. The molecule has 0 N–H and O–H groups in total. The van der Waals surface area contributed by atoms with E-state index < -0.39 is 5.92 Å². The molecule has 7 heteroatoms. The Morgan fingerprint density at radius 1 is 0.724 bits per heavy atom. The van der Waals surface area contributed by atoms with Gasteiger partial charge in [-0.1, -0.05) is 13.8 Å². The molecule has 0 fully saturated rings. The molecule has 0 aliphatic heterocycles. The van der Waals surface area contributed by atoms with Crippen molar-refractivity contribution in [1.29, 1.82) is 0 Å². The molecule has 5 nitrogen and oxygen atoms in total. The number of methoxy groups -OCH3 is 4. The smallest absolute Gasteiger partial charge is 0.315 e. The van der Waals surface area contributed by atoms with Gasteiger partial charge in [-0.3, -0.25) is 4.98 Å². The van der Waals surface area contributed by atoms with Crippen LogP contribution in [0.5, 0.6) is 23.0 Å². The zero-order valence-corrected chi connectivity index (χ0v) is 17.4. The van der Waals surface area contributed by atoms with Crippen LogP contribution in [-0.2, 0) is 5.92 Å². The Morgan fingerprint density at radius 3 is 1.86 bits per heavy atom. The first kappa shape index (κ1) is 22.2. The molecular formula is C22H25F2NO4. The van der Waals surface area contributed by atoms with E-state index >= 15 is 8.78 Å². The maximum Gasteiger partial charge on any atom is 0.315 e. The third kappa shape index (κ3) is 4.18. The number of hydrogen-bond donors (Lipinski definition) is 0. The summed E-state index contributed by atoms with van der Waals surface area (Å²) >= 11 is 0. The predicted octanol–water partition coefficient (Wildman–Crippen LogP) is 5.44. The number of aromatic nitrogens is 1. The predicted molar refractivity (Wildman–Crippen MR) is 109 cm³/mol. The summed E-state index contributed by atoms with van der Waals surface area (Å²) in [7, 11) is 5.78. The van der Waals surface area contributed by atoms with Gasteiger partial charge in [-0.25, -0.2) is 0 Å². The van der Waals surface area contributed by atoms with Crippen LogP contribution in [-0.4, -0.2) is 33.4 Å². The zero-order valence-electron chi connectivity index (χ0n) is 17.4. The molecule has 156 valence electrons. The average Bonchev–Trinajstić information content (AvgIpc) is 2.78. The van der Waals surface area contributed by atoms with Gasteiger partial charge in [0.25, 0.3) is 0 Å². The highest BCUT2D eigenvalue weighted by Gasteiger charge is 2.38. The summed E-state index contributed by atoms with van der Waals surface area (Å²) in [5, 5.41) is 0.840. The summed E-state index contributed by atoms with van der Waals surface area (Å²) in [5.74, 6) is -1.97. The number of rotatable bonds is 6. The molecule has 0 aliphatic carbocycles. The van der Waals surface area contributed by atoms with Gasteiger partial charge in [0.1, 0.15) is 5.69 Å². The van der Waals surface area contributed by atoms with Gasteiger partial charge in [-0.05, 0) is 41.8 Å². The van der Waals surface area contributed by atoms with Gasteiger partial charge in [-0.2, -0.15) is 8.78 Å². The number of fused-ring (bicyclic) bond motifs is 1. The van der Waals surface area contributed by atoms with Crippen molar-refractivity contribution in [2.24, 2.45) is 0 Å². The normalized spacial score (nSPS) is 10.8. The van der Waals surface area contributed by atoms with E-state index in [0.29, 0.717) is 22.6 Å². The van der Waals surface area contributed by atoms with E-state index in [2.05, 4.69) is 4.98 Å². The highest BCUT2D eigenvalue weighted by Crippen LogP contribution is 2.43. The first-order chi connectivity index (χ1) is 14.0. The second-order valence-corrected chi connectivity index (χ2v) is 5.73.